The van der Waals surface area contributed by atoms with Crippen LogP contribution in [0.25, 0.3) is 0 Å². The van der Waals surface area contributed by atoms with Crippen molar-refractivity contribution in [3.8, 4) is 0 Å². The molecule has 3 rings (SSSR count). The second-order valence-corrected chi connectivity index (χ2v) is 9.57. The minimum atomic E-state index is 0.172. The molecule has 2 aromatic carbocycles. The zero-order chi connectivity index (χ0) is 22.2. The Hall–Kier alpha value is -1.75. The zero-order valence-corrected chi connectivity index (χ0v) is 21.5. The van der Waals surface area contributed by atoms with Gasteiger partial charge in [0, 0.05) is 0 Å². The van der Waals surface area contributed by atoms with Crippen LogP contribution >= 0.6 is 0 Å². The maximum absolute atomic E-state index is 2.48. The average molecular weight is 585 g/mol. The Balaban J connectivity index is 2.06. The van der Waals surface area contributed by atoms with E-state index >= 15 is 0 Å². The Labute approximate surface area is 193 Å². The van der Waals surface area contributed by atoms with Crippen molar-refractivity contribution in [1.82, 2.24) is 9.62 Å². The van der Waals surface area contributed by atoms with E-state index in [0.717, 1.165) is 0 Å². The first-order valence-electron chi connectivity index (χ1n) is 10.1. The van der Waals surface area contributed by atoms with Crippen molar-refractivity contribution in [2.45, 2.75) is 0 Å². The summed E-state index contributed by atoms with van der Waals surface area (Å²) in [6.07, 6.45) is 0. The average Bonchev–Trinajstić information content (AvgIpc) is 3.01. The molecule has 0 aromatic heterocycles. The molecule has 30 heavy (non-hydrogen) atoms. The summed E-state index contributed by atoms with van der Waals surface area (Å²) in [5.74, 6) is 0. The van der Waals surface area contributed by atoms with Crippen LogP contribution in [0.2, 0.25) is 0 Å². The molecule has 9 heteroatoms. The molecule has 1 heterocycles. The quantitative estimate of drug-likeness (QED) is 0.480. The molecule has 0 atom stereocenters. The standard InChI is InChI=1S/C21H32B2N6.Pt/c1-24(2)18-9-13-20(14-10-18)28-17-29(23(27(7)8)22(28)26(5)6)21-15-11-19(12-16-21)25(3)4;/h9-16H,1-8H3;. The summed E-state index contributed by atoms with van der Waals surface area (Å²) in [5, 5.41) is 0. The van der Waals surface area contributed by atoms with Gasteiger partial charge in [0.05, 0.1) is 0 Å². The molecule has 1 aliphatic rings. The molecule has 0 saturated carbocycles. The van der Waals surface area contributed by atoms with Crippen LogP contribution in [0.15, 0.2) is 48.5 Å². The van der Waals surface area contributed by atoms with E-state index in [0.29, 0.717) is 0 Å². The molecule has 162 valence electrons. The first kappa shape index (κ1) is 22.9. The van der Waals surface area contributed by atoms with Crippen molar-refractivity contribution in [2.75, 3.05) is 75.8 Å². The van der Waals surface area contributed by atoms with Crippen LogP contribution in [0.4, 0.5) is 22.7 Å². The normalized spacial score (nSPS) is 14.5. The minimum absolute atomic E-state index is 0.172. The molecule has 1 fully saturated rings. The molecule has 0 radical (unpaired) electrons. The van der Waals surface area contributed by atoms with Crippen molar-refractivity contribution >= 4 is 40.6 Å². The van der Waals surface area contributed by atoms with Gasteiger partial charge in [-0.3, -0.25) is 0 Å². The third kappa shape index (κ3) is 4.32. The molecule has 6 nitrogen and oxygen atoms in total. The second-order valence-electron chi connectivity index (χ2n) is 8.56. The van der Waals surface area contributed by atoms with Gasteiger partial charge in [0.1, 0.15) is 0 Å². The summed E-state index contributed by atoms with van der Waals surface area (Å²) >= 11 is 2.48. The number of hydrogen-bond donors (Lipinski definition) is 0. The van der Waals surface area contributed by atoms with Gasteiger partial charge < -0.3 is 0 Å². The van der Waals surface area contributed by atoms with E-state index in [1.807, 2.05) is 0 Å². The number of hydrogen-bond acceptors (Lipinski definition) is 6. The zero-order valence-electron chi connectivity index (χ0n) is 19.3. The molecule has 0 unspecified atom stereocenters. The Bertz CT molecular complexity index is 799. The van der Waals surface area contributed by atoms with Gasteiger partial charge in [-0.25, -0.2) is 0 Å². The number of anilines is 4. The predicted molar refractivity (Wildman–Crippen MR) is 130 cm³/mol. The maximum atomic E-state index is 2.48. The van der Waals surface area contributed by atoms with Crippen LogP contribution < -0.4 is 19.4 Å². The van der Waals surface area contributed by atoms with Crippen LogP contribution in [-0.4, -0.2) is 83.9 Å². The van der Waals surface area contributed by atoms with Crippen LogP contribution in [0, 0.1) is 0 Å². The van der Waals surface area contributed by atoms with Gasteiger partial charge >= 0.3 is 194 Å². The van der Waals surface area contributed by atoms with Crippen molar-refractivity contribution in [3.05, 3.63) is 48.5 Å². The Morgan fingerprint density at radius 2 is 0.867 bits per heavy atom. The predicted octanol–water partition coefficient (Wildman–Crippen LogP) is 1.96. The molecule has 1 saturated heterocycles. The SMILES string of the molecule is CN(C)B1B(N(C)C)N(c2ccc(N(C)C)cc2)[C](=[Pt])N1c1ccc(N(C)C)cc1. The van der Waals surface area contributed by atoms with E-state index < -0.39 is 0 Å². The van der Waals surface area contributed by atoms with Crippen molar-refractivity contribution in [1.29, 1.82) is 0 Å². The van der Waals surface area contributed by atoms with Crippen LogP contribution in [-0.2, 0) is 19.4 Å². The van der Waals surface area contributed by atoms with Crippen LogP contribution in [0.3, 0.4) is 0 Å². The van der Waals surface area contributed by atoms with Crippen molar-refractivity contribution in [2.24, 2.45) is 0 Å². The molecule has 1 aliphatic heterocycles. The molecular formula is C21H32B2N6Pt. The summed E-state index contributed by atoms with van der Waals surface area (Å²) in [5.41, 5.74) is 4.80. The van der Waals surface area contributed by atoms with Crippen molar-refractivity contribution in [3.63, 3.8) is 0 Å². The Kier molecular flexibility index (Phi) is 7.01. The van der Waals surface area contributed by atoms with Gasteiger partial charge in [-0.1, -0.05) is 0 Å². The van der Waals surface area contributed by atoms with Gasteiger partial charge in [-0.2, -0.15) is 0 Å². The number of rotatable bonds is 6. The Morgan fingerprint density at radius 1 is 0.567 bits per heavy atom. The topological polar surface area (TPSA) is 19.4 Å². The van der Waals surface area contributed by atoms with E-state index in [4.69, 9.17) is 0 Å². The van der Waals surface area contributed by atoms with E-state index in [1.165, 1.54) is 26.9 Å². The van der Waals surface area contributed by atoms with Gasteiger partial charge in [0.25, 0.3) is 0 Å². The van der Waals surface area contributed by atoms with E-state index in [2.05, 4.69) is 153 Å². The fourth-order valence-corrected chi connectivity index (χ4v) is 5.09. The molecular weight excluding hydrogens is 553 g/mol. The van der Waals surface area contributed by atoms with Crippen molar-refractivity contribution < 1.29 is 19.4 Å². The monoisotopic (exact) mass is 585 g/mol. The molecule has 0 N–H and O–H groups in total. The molecule has 0 aliphatic carbocycles. The summed E-state index contributed by atoms with van der Waals surface area (Å²) < 4.78 is 1.20. The second kappa shape index (κ2) is 9.17. The van der Waals surface area contributed by atoms with E-state index in [9.17, 15) is 0 Å². The summed E-state index contributed by atoms with van der Waals surface area (Å²) in [6.45, 7) is 0.345. The van der Waals surface area contributed by atoms with Crippen LogP contribution in [0.5, 0.6) is 0 Å². The first-order chi connectivity index (χ1) is 14.1. The van der Waals surface area contributed by atoms with Gasteiger partial charge in [-0.15, -0.1) is 0 Å². The third-order valence-corrected chi connectivity index (χ3v) is 6.61. The Morgan fingerprint density at radius 3 is 1.10 bits per heavy atom. The van der Waals surface area contributed by atoms with Crippen LogP contribution in [0.1, 0.15) is 0 Å². The van der Waals surface area contributed by atoms with Gasteiger partial charge in [0.2, 0.25) is 0 Å². The summed E-state index contributed by atoms with van der Waals surface area (Å²) in [4.78, 5) is 13.7. The van der Waals surface area contributed by atoms with Gasteiger partial charge in [-0.05, 0) is 0 Å². The summed E-state index contributed by atoms with van der Waals surface area (Å²) in [6, 6.07) is 17.6. The molecule has 0 spiro atoms. The fraction of sp³-hybridized carbons (Fsp3) is 0.381. The third-order valence-electron chi connectivity index (χ3n) is 5.51. The first-order valence-corrected chi connectivity index (χ1v) is 11.2. The number of benzene rings is 2. The van der Waals surface area contributed by atoms with E-state index in [-0.39, 0.29) is 13.7 Å². The summed E-state index contributed by atoms with van der Waals surface area (Å²) in [7, 11) is 16.9. The molecule has 0 bridgehead atoms. The molecule has 0 amide bonds. The number of nitrogens with zero attached hydrogens (tertiary/aromatic N) is 6. The molecule has 2 aromatic rings. The van der Waals surface area contributed by atoms with E-state index in [1.54, 1.807) is 0 Å². The van der Waals surface area contributed by atoms with Gasteiger partial charge in [0.15, 0.2) is 0 Å². The fourth-order valence-electron chi connectivity index (χ4n) is 3.91.